The van der Waals surface area contributed by atoms with Gasteiger partial charge in [-0.15, -0.1) is 0 Å². The summed E-state index contributed by atoms with van der Waals surface area (Å²) in [7, 11) is 1.68. The molecule has 5 nitrogen and oxygen atoms in total. The Bertz CT molecular complexity index is 550. The zero-order valence-corrected chi connectivity index (χ0v) is 9.90. The molecule has 0 fully saturated rings. The maximum absolute atomic E-state index is 10.8. The molecule has 0 aliphatic heterocycles. The van der Waals surface area contributed by atoms with E-state index in [1.807, 2.05) is 30.3 Å². The molecule has 0 aliphatic carbocycles. The fourth-order valence-corrected chi connectivity index (χ4v) is 1.85. The van der Waals surface area contributed by atoms with Crippen molar-refractivity contribution < 1.29 is 4.79 Å². The Labute approximate surface area is 103 Å². The van der Waals surface area contributed by atoms with Crippen LogP contribution < -0.4 is 11.1 Å². The third kappa shape index (κ3) is 2.24. The molecule has 0 unspecified atom stereocenters. The van der Waals surface area contributed by atoms with Gasteiger partial charge in [-0.25, -0.2) is 4.79 Å². The highest BCUT2D eigenvalue weighted by molar-refractivity contribution is 6.36. The number of hydrogen-bond acceptors (Lipinski definition) is 2. The molecule has 0 radical (unpaired) electrons. The minimum Gasteiger partial charge on any atom is -0.351 e. The van der Waals surface area contributed by atoms with Gasteiger partial charge in [0, 0.05) is 12.6 Å². The number of benzene rings is 1. The molecule has 2 rings (SSSR count). The number of aryl methyl sites for hydroxylation is 1. The molecule has 0 spiro atoms. The number of rotatable bonds is 2. The summed E-state index contributed by atoms with van der Waals surface area (Å²) in [4.78, 5) is 10.8. The van der Waals surface area contributed by atoms with Crippen LogP contribution >= 0.6 is 11.6 Å². The third-order valence-electron chi connectivity index (χ3n) is 2.28. The molecule has 1 aromatic carbocycles. The number of hydrogen-bond donors (Lipinski definition) is 2. The molecule has 1 aromatic heterocycles. The second-order valence-electron chi connectivity index (χ2n) is 3.49. The number of urea groups is 1. The van der Waals surface area contributed by atoms with Crippen molar-refractivity contribution in [3.05, 3.63) is 35.4 Å². The molecule has 88 valence electrons. The van der Waals surface area contributed by atoms with Gasteiger partial charge in [0.25, 0.3) is 0 Å². The topological polar surface area (TPSA) is 72.9 Å². The van der Waals surface area contributed by atoms with Gasteiger partial charge in [-0.2, -0.15) is 5.10 Å². The number of halogens is 1. The van der Waals surface area contributed by atoms with Crippen LogP contribution in [0.3, 0.4) is 0 Å². The molecule has 3 N–H and O–H groups in total. The molecule has 0 bridgehead atoms. The maximum atomic E-state index is 10.8. The third-order valence-corrected chi connectivity index (χ3v) is 2.64. The average molecular weight is 251 g/mol. The predicted molar refractivity (Wildman–Crippen MR) is 66.9 cm³/mol. The summed E-state index contributed by atoms with van der Waals surface area (Å²) < 4.78 is 1.48. The minimum absolute atomic E-state index is 0.373. The maximum Gasteiger partial charge on any atom is 0.317 e. The van der Waals surface area contributed by atoms with Gasteiger partial charge in [-0.05, 0) is 0 Å². The van der Waals surface area contributed by atoms with E-state index in [4.69, 9.17) is 17.3 Å². The van der Waals surface area contributed by atoms with Gasteiger partial charge in [0.05, 0.1) is 0 Å². The average Bonchev–Trinajstić information content (AvgIpc) is 2.58. The number of aromatic nitrogens is 2. The highest BCUT2D eigenvalue weighted by atomic mass is 35.5. The molecule has 0 aliphatic rings. The van der Waals surface area contributed by atoms with Crippen LogP contribution in [0.1, 0.15) is 0 Å². The number of amides is 2. The second kappa shape index (κ2) is 4.47. The molecule has 6 heteroatoms. The molecule has 17 heavy (non-hydrogen) atoms. The smallest absolute Gasteiger partial charge is 0.317 e. The van der Waals surface area contributed by atoms with Crippen molar-refractivity contribution in [1.29, 1.82) is 0 Å². The lowest BCUT2D eigenvalue weighted by Crippen LogP contribution is -2.21. The predicted octanol–water partition coefficient (Wildman–Crippen LogP) is 2.23. The summed E-state index contributed by atoms with van der Waals surface area (Å²) in [5.74, 6) is 0.387. The first-order valence-corrected chi connectivity index (χ1v) is 5.31. The van der Waals surface area contributed by atoms with E-state index < -0.39 is 6.03 Å². The van der Waals surface area contributed by atoms with Crippen LogP contribution in [0.4, 0.5) is 10.6 Å². The van der Waals surface area contributed by atoms with Crippen molar-refractivity contribution >= 4 is 23.4 Å². The summed E-state index contributed by atoms with van der Waals surface area (Å²) in [5.41, 5.74) is 6.55. The summed E-state index contributed by atoms with van der Waals surface area (Å²) in [6.45, 7) is 0. The summed E-state index contributed by atoms with van der Waals surface area (Å²) >= 11 is 6.15. The summed E-state index contributed by atoms with van der Waals surface area (Å²) in [6.07, 6.45) is 0. The molecule has 2 amide bonds. The van der Waals surface area contributed by atoms with Gasteiger partial charge in [-0.3, -0.25) is 10.00 Å². The summed E-state index contributed by atoms with van der Waals surface area (Å²) in [6, 6.07) is 8.80. The van der Waals surface area contributed by atoms with Crippen LogP contribution in [-0.4, -0.2) is 15.8 Å². The van der Waals surface area contributed by atoms with Crippen molar-refractivity contribution in [3.63, 3.8) is 0 Å². The van der Waals surface area contributed by atoms with Crippen LogP contribution in [-0.2, 0) is 7.05 Å². The molecule has 0 saturated heterocycles. The van der Waals surface area contributed by atoms with Gasteiger partial charge in [0.2, 0.25) is 0 Å². The molecular weight excluding hydrogens is 240 g/mol. The monoisotopic (exact) mass is 250 g/mol. The van der Waals surface area contributed by atoms with E-state index in [0.717, 1.165) is 5.56 Å². The van der Waals surface area contributed by atoms with E-state index in [-0.39, 0.29) is 0 Å². The lowest BCUT2D eigenvalue weighted by Gasteiger charge is -2.01. The molecule has 1 heterocycles. The number of carbonyl (C=O) groups excluding carboxylic acids is 1. The van der Waals surface area contributed by atoms with Crippen LogP contribution in [0.5, 0.6) is 0 Å². The lowest BCUT2D eigenvalue weighted by atomic mass is 10.1. The van der Waals surface area contributed by atoms with Crippen LogP contribution in [0.25, 0.3) is 11.3 Å². The first-order chi connectivity index (χ1) is 8.09. The zero-order chi connectivity index (χ0) is 12.4. The van der Waals surface area contributed by atoms with Gasteiger partial charge in [0.15, 0.2) is 5.82 Å². The standard InChI is InChI=1S/C11H11ClN4O/c1-16-10(14-11(13)17)8(12)9(15-16)7-5-3-2-4-6-7/h2-6H,1H3,(H3,13,14,17). The van der Waals surface area contributed by atoms with Crippen molar-refractivity contribution in [2.24, 2.45) is 12.8 Å². The Morgan fingerprint density at radius 2 is 2.06 bits per heavy atom. The summed E-state index contributed by atoms with van der Waals surface area (Å²) in [5, 5.41) is 7.06. The van der Waals surface area contributed by atoms with E-state index in [1.165, 1.54) is 4.68 Å². The zero-order valence-electron chi connectivity index (χ0n) is 9.14. The Kier molecular flexibility index (Phi) is 3.01. The highest BCUT2D eigenvalue weighted by Gasteiger charge is 2.16. The van der Waals surface area contributed by atoms with Crippen molar-refractivity contribution in [2.45, 2.75) is 0 Å². The quantitative estimate of drug-likeness (QED) is 0.858. The Morgan fingerprint density at radius 1 is 1.41 bits per heavy atom. The SMILES string of the molecule is Cn1nc(-c2ccccc2)c(Cl)c1NC(N)=O. The van der Waals surface area contributed by atoms with E-state index >= 15 is 0 Å². The number of carbonyl (C=O) groups is 1. The van der Waals surface area contributed by atoms with Crippen LogP contribution in [0.15, 0.2) is 30.3 Å². The number of nitrogens with one attached hydrogen (secondary N) is 1. The largest absolute Gasteiger partial charge is 0.351 e. The normalized spacial score (nSPS) is 10.2. The molecule has 0 atom stereocenters. The number of primary amides is 1. The van der Waals surface area contributed by atoms with Gasteiger partial charge in [0.1, 0.15) is 10.7 Å². The number of nitrogens with zero attached hydrogens (tertiary/aromatic N) is 2. The van der Waals surface area contributed by atoms with Crippen LogP contribution in [0, 0.1) is 0 Å². The fourth-order valence-electron chi connectivity index (χ4n) is 1.53. The lowest BCUT2D eigenvalue weighted by molar-refractivity contribution is 0.259. The highest BCUT2D eigenvalue weighted by Crippen LogP contribution is 2.32. The van der Waals surface area contributed by atoms with E-state index in [9.17, 15) is 4.79 Å². The Morgan fingerprint density at radius 3 is 2.65 bits per heavy atom. The molecule has 0 saturated carbocycles. The van der Waals surface area contributed by atoms with Gasteiger partial charge < -0.3 is 5.73 Å². The second-order valence-corrected chi connectivity index (χ2v) is 3.87. The fraction of sp³-hybridized carbons (Fsp3) is 0.0909. The first-order valence-electron chi connectivity index (χ1n) is 4.94. The Hall–Kier alpha value is -2.01. The van der Waals surface area contributed by atoms with Crippen molar-refractivity contribution in [1.82, 2.24) is 9.78 Å². The van der Waals surface area contributed by atoms with Gasteiger partial charge in [-0.1, -0.05) is 41.9 Å². The first kappa shape index (κ1) is 11.5. The van der Waals surface area contributed by atoms with E-state index in [0.29, 0.717) is 16.5 Å². The van der Waals surface area contributed by atoms with Crippen molar-refractivity contribution in [2.75, 3.05) is 5.32 Å². The number of anilines is 1. The minimum atomic E-state index is -0.672. The van der Waals surface area contributed by atoms with E-state index in [1.54, 1.807) is 7.05 Å². The Balaban J connectivity index is 2.48. The van der Waals surface area contributed by atoms with Crippen LogP contribution in [0.2, 0.25) is 5.02 Å². The van der Waals surface area contributed by atoms with Crippen molar-refractivity contribution in [3.8, 4) is 11.3 Å². The number of nitrogens with two attached hydrogens (primary N) is 1. The molecular formula is C11H11ClN4O. The molecule has 2 aromatic rings. The van der Waals surface area contributed by atoms with E-state index in [2.05, 4.69) is 10.4 Å². The van der Waals surface area contributed by atoms with Gasteiger partial charge >= 0.3 is 6.03 Å².